The molecule has 0 bridgehead atoms. The summed E-state index contributed by atoms with van der Waals surface area (Å²) in [6.45, 7) is 14.4. The van der Waals surface area contributed by atoms with E-state index in [1.54, 1.807) is 0 Å². The van der Waals surface area contributed by atoms with Crippen LogP contribution in [-0.2, 0) is 0 Å². The lowest BCUT2D eigenvalue weighted by Crippen LogP contribution is -2.32. The molecule has 1 aliphatic carbocycles. The highest BCUT2D eigenvalue weighted by Gasteiger charge is 2.29. The fourth-order valence-electron chi connectivity index (χ4n) is 3.67. The topological polar surface area (TPSA) is 12.0 Å². The second-order valence-electron chi connectivity index (χ2n) is 8.16. The molecule has 1 saturated carbocycles. The third-order valence-electron chi connectivity index (χ3n) is 5.48. The Balaban J connectivity index is 2.15. The molecule has 0 saturated heterocycles. The highest BCUT2D eigenvalue weighted by atomic mass is 14.9. The number of nitrogens with one attached hydrogen (secondary N) is 1. The second-order valence-corrected chi connectivity index (χ2v) is 8.16. The van der Waals surface area contributed by atoms with Gasteiger partial charge in [0, 0.05) is 0 Å². The minimum absolute atomic E-state index is 0.520. The minimum Gasteiger partial charge on any atom is -0.316 e. The molecule has 1 atom stereocenters. The molecule has 0 amide bonds. The molecule has 20 heavy (non-hydrogen) atoms. The number of hydrogen-bond acceptors (Lipinski definition) is 1. The second kappa shape index (κ2) is 9.07. The first-order valence-corrected chi connectivity index (χ1v) is 9.18. The maximum atomic E-state index is 3.77. The lowest BCUT2D eigenvalue weighted by atomic mass is 9.70. The third-order valence-corrected chi connectivity index (χ3v) is 5.48. The Labute approximate surface area is 128 Å². The molecule has 0 aliphatic heterocycles. The van der Waals surface area contributed by atoms with Crippen molar-refractivity contribution in [3.05, 3.63) is 0 Å². The van der Waals surface area contributed by atoms with Gasteiger partial charge in [-0.3, -0.25) is 0 Å². The molecule has 0 radical (unpaired) electrons. The summed E-state index contributed by atoms with van der Waals surface area (Å²) in [7, 11) is 0. The fraction of sp³-hybridized carbons (Fsp3) is 1.00. The van der Waals surface area contributed by atoms with Gasteiger partial charge in [-0.15, -0.1) is 0 Å². The van der Waals surface area contributed by atoms with E-state index in [0.717, 1.165) is 17.8 Å². The van der Waals surface area contributed by atoms with Crippen LogP contribution in [0.4, 0.5) is 0 Å². The zero-order valence-electron chi connectivity index (χ0n) is 14.8. The summed E-state index contributed by atoms with van der Waals surface area (Å²) in [6, 6.07) is 0. The minimum atomic E-state index is 0.520. The normalized spacial score (nSPS) is 25.6. The van der Waals surface area contributed by atoms with Gasteiger partial charge in [-0.05, 0) is 68.4 Å². The molecule has 0 heterocycles. The van der Waals surface area contributed by atoms with Crippen LogP contribution >= 0.6 is 0 Å². The summed E-state index contributed by atoms with van der Waals surface area (Å²) in [5, 5.41) is 3.77. The zero-order valence-corrected chi connectivity index (χ0v) is 14.8. The van der Waals surface area contributed by atoms with Crippen LogP contribution in [0.25, 0.3) is 0 Å². The van der Waals surface area contributed by atoms with Crippen molar-refractivity contribution in [2.45, 2.75) is 86.0 Å². The van der Waals surface area contributed by atoms with E-state index < -0.39 is 0 Å². The summed E-state index contributed by atoms with van der Waals surface area (Å²) in [6.07, 6.45) is 11.3. The predicted octanol–water partition coefficient (Wildman–Crippen LogP) is 5.64. The van der Waals surface area contributed by atoms with Crippen LogP contribution in [0.5, 0.6) is 0 Å². The average molecular weight is 282 g/mol. The Morgan fingerprint density at radius 1 is 1.05 bits per heavy atom. The van der Waals surface area contributed by atoms with Crippen molar-refractivity contribution < 1.29 is 0 Å². The third kappa shape index (κ3) is 6.61. The Morgan fingerprint density at radius 2 is 1.70 bits per heavy atom. The zero-order chi connectivity index (χ0) is 15.0. The van der Waals surface area contributed by atoms with E-state index in [1.807, 2.05) is 0 Å². The standard InChI is InChI=1S/C19H39N/c1-6-8-9-16(7-2)14-20-15-17-10-12-18(13-11-17)19(3,4)5/h16-18,20H,6-15H2,1-5H3. The first-order valence-electron chi connectivity index (χ1n) is 9.18. The molecule has 1 heteroatoms. The van der Waals surface area contributed by atoms with Gasteiger partial charge in [-0.2, -0.15) is 0 Å². The molecule has 0 aromatic carbocycles. The Bertz CT molecular complexity index is 233. The molecule has 1 N–H and O–H groups in total. The van der Waals surface area contributed by atoms with Gasteiger partial charge in [0.25, 0.3) is 0 Å². The van der Waals surface area contributed by atoms with Gasteiger partial charge in [0.15, 0.2) is 0 Å². The van der Waals surface area contributed by atoms with Gasteiger partial charge in [-0.1, -0.05) is 53.9 Å². The molecule has 0 aromatic rings. The largest absolute Gasteiger partial charge is 0.316 e. The molecular formula is C19H39N. The molecule has 1 rings (SSSR count). The monoisotopic (exact) mass is 281 g/mol. The highest BCUT2D eigenvalue weighted by molar-refractivity contribution is 4.81. The molecule has 1 nitrogen and oxygen atoms in total. The van der Waals surface area contributed by atoms with Crippen LogP contribution in [0, 0.1) is 23.2 Å². The van der Waals surface area contributed by atoms with Gasteiger partial charge >= 0.3 is 0 Å². The highest BCUT2D eigenvalue weighted by Crippen LogP contribution is 2.39. The summed E-state index contributed by atoms with van der Waals surface area (Å²) in [5.74, 6) is 2.80. The Morgan fingerprint density at radius 3 is 2.20 bits per heavy atom. The first-order chi connectivity index (χ1) is 9.47. The first kappa shape index (κ1) is 18.0. The van der Waals surface area contributed by atoms with Gasteiger partial charge in [-0.25, -0.2) is 0 Å². The SMILES string of the molecule is CCCCC(CC)CNCC1CCC(C(C)(C)C)CC1. The van der Waals surface area contributed by atoms with Crippen LogP contribution in [0.3, 0.4) is 0 Å². The van der Waals surface area contributed by atoms with Crippen LogP contribution in [0.1, 0.15) is 86.0 Å². The van der Waals surface area contributed by atoms with E-state index in [-0.39, 0.29) is 0 Å². The molecular weight excluding hydrogens is 242 g/mol. The molecule has 0 aromatic heterocycles. The fourth-order valence-corrected chi connectivity index (χ4v) is 3.67. The molecule has 1 aliphatic rings. The predicted molar refractivity (Wildman–Crippen MR) is 91.1 cm³/mol. The Hall–Kier alpha value is -0.0400. The summed E-state index contributed by atoms with van der Waals surface area (Å²) in [5.41, 5.74) is 0.520. The van der Waals surface area contributed by atoms with Crippen molar-refractivity contribution in [1.82, 2.24) is 5.32 Å². The van der Waals surface area contributed by atoms with Crippen LogP contribution in [-0.4, -0.2) is 13.1 Å². The maximum Gasteiger partial charge on any atom is -0.00204 e. The summed E-state index contributed by atoms with van der Waals surface area (Å²) in [4.78, 5) is 0. The van der Waals surface area contributed by atoms with Gasteiger partial charge in [0.1, 0.15) is 0 Å². The van der Waals surface area contributed by atoms with Gasteiger partial charge in [0.2, 0.25) is 0 Å². The van der Waals surface area contributed by atoms with Gasteiger partial charge < -0.3 is 5.32 Å². The average Bonchev–Trinajstić information content (AvgIpc) is 2.42. The molecule has 120 valence electrons. The van der Waals surface area contributed by atoms with E-state index in [0.29, 0.717) is 5.41 Å². The molecule has 0 spiro atoms. The lowest BCUT2D eigenvalue weighted by Gasteiger charge is -2.37. The van der Waals surface area contributed by atoms with E-state index in [1.165, 1.54) is 64.5 Å². The van der Waals surface area contributed by atoms with Crippen molar-refractivity contribution in [2.75, 3.05) is 13.1 Å². The van der Waals surface area contributed by atoms with Crippen LogP contribution in [0.2, 0.25) is 0 Å². The smallest absolute Gasteiger partial charge is 0.00204 e. The number of unbranched alkanes of at least 4 members (excludes halogenated alkanes) is 1. The quantitative estimate of drug-likeness (QED) is 0.606. The van der Waals surface area contributed by atoms with Crippen molar-refractivity contribution in [3.8, 4) is 0 Å². The lowest BCUT2D eigenvalue weighted by molar-refractivity contribution is 0.148. The van der Waals surface area contributed by atoms with Crippen LogP contribution < -0.4 is 5.32 Å². The van der Waals surface area contributed by atoms with Crippen molar-refractivity contribution in [1.29, 1.82) is 0 Å². The Kier molecular flexibility index (Phi) is 8.17. The maximum absolute atomic E-state index is 3.77. The summed E-state index contributed by atoms with van der Waals surface area (Å²) < 4.78 is 0. The van der Waals surface area contributed by atoms with E-state index in [2.05, 4.69) is 39.9 Å². The van der Waals surface area contributed by atoms with E-state index >= 15 is 0 Å². The number of hydrogen-bond donors (Lipinski definition) is 1. The molecule has 1 unspecified atom stereocenters. The number of rotatable bonds is 8. The van der Waals surface area contributed by atoms with E-state index in [4.69, 9.17) is 0 Å². The van der Waals surface area contributed by atoms with E-state index in [9.17, 15) is 0 Å². The van der Waals surface area contributed by atoms with Crippen molar-refractivity contribution >= 4 is 0 Å². The molecule has 1 fully saturated rings. The summed E-state index contributed by atoms with van der Waals surface area (Å²) >= 11 is 0. The van der Waals surface area contributed by atoms with Crippen LogP contribution in [0.15, 0.2) is 0 Å². The van der Waals surface area contributed by atoms with Gasteiger partial charge in [0.05, 0.1) is 0 Å². The van der Waals surface area contributed by atoms with Crippen molar-refractivity contribution in [2.24, 2.45) is 23.2 Å². The van der Waals surface area contributed by atoms with Crippen molar-refractivity contribution in [3.63, 3.8) is 0 Å².